The van der Waals surface area contributed by atoms with Gasteiger partial charge in [-0.15, -0.1) is 0 Å². The van der Waals surface area contributed by atoms with Gasteiger partial charge in [-0.05, 0) is 23.8 Å². The Morgan fingerprint density at radius 2 is 1.87 bits per heavy atom. The Labute approximate surface area is 143 Å². The highest BCUT2D eigenvalue weighted by atomic mass is 32.5. The summed E-state index contributed by atoms with van der Waals surface area (Å²) in [5.41, 5.74) is 0.843. The van der Waals surface area contributed by atoms with Crippen LogP contribution >= 0.6 is 6.72 Å². The molecule has 0 bridgehead atoms. The van der Waals surface area contributed by atoms with E-state index in [1.165, 1.54) is 12.8 Å². The van der Waals surface area contributed by atoms with E-state index in [2.05, 4.69) is 24.0 Å². The summed E-state index contributed by atoms with van der Waals surface area (Å²) in [7, 11) is 0. The number of amides is 1. The molecule has 7 heteroatoms. The zero-order valence-electron chi connectivity index (χ0n) is 13.5. The fourth-order valence-electron chi connectivity index (χ4n) is 2.23. The molecule has 0 fully saturated rings. The molecular formula is C16H26NO4PS. The Bertz CT molecular complexity index is 506. The first-order valence-corrected chi connectivity index (χ1v) is 10.6. The molecule has 1 unspecified atom stereocenters. The minimum atomic E-state index is -3.74. The van der Waals surface area contributed by atoms with Crippen molar-refractivity contribution in [1.29, 1.82) is 0 Å². The van der Waals surface area contributed by atoms with Crippen LogP contribution in [0, 0.1) is 0 Å². The predicted molar refractivity (Wildman–Crippen MR) is 95.4 cm³/mol. The van der Waals surface area contributed by atoms with E-state index in [1.807, 2.05) is 30.3 Å². The van der Waals surface area contributed by atoms with Crippen LogP contribution in [0.2, 0.25) is 0 Å². The average Bonchev–Trinajstić information content (AvgIpc) is 2.51. The van der Waals surface area contributed by atoms with E-state index in [1.54, 1.807) is 0 Å². The van der Waals surface area contributed by atoms with Gasteiger partial charge in [0.15, 0.2) is 0 Å². The summed E-state index contributed by atoms with van der Waals surface area (Å²) < 4.78 is 4.93. The van der Waals surface area contributed by atoms with Crippen molar-refractivity contribution in [3.05, 3.63) is 35.9 Å². The number of carbonyl (C=O) groups is 1. The van der Waals surface area contributed by atoms with Gasteiger partial charge in [-0.25, -0.2) is 0 Å². The lowest BCUT2D eigenvalue weighted by Gasteiger charge is -2.20. The molecule has 0 aliphatic carbocycles. The molecule has 0 aliphatic heterocycles. The highest BCUT2D eigenvalue weighted by Crippen LogP contribution is 2.37. The lowest BCUT2D eigenvalue weighted by atomic mass is 10.1. The van der Waals surface area contributed by atoms with Gasteiger partial charge in [0.05, 0.1) is 12.6 Å². The van der Waals surface area contributed by atoms with Crippen LogP contribution in [-0.4, -0.2) is 22.3 Å². The second-order valence-electron chi connectivity index (χ2n) is 5.48. The van der Waals surface area contributed by atoms with Crippen LogP contribution in [0.3, 0.4) is 0 Å². The standard InChI is InChI=1S/C16H26NO4PS/c1-2-3-4-5-9-12-16(18)17-15(13-21-22(19,20)23)14-10-7-6-8-11-14/h6-8,10-11,15H,2-5,9,12-13H2,1H3,(H,17,18)(H2,19,20,23). The molecule has 0 radical (unpaired) electrons. The van der Waals surface area contributed by atoms with E-state index < -0.39 is 12.8 Å². The minimum Gasteiger partial charge on any atom is -0.347 e. The first-order valence-electron chi connectivity index (χ1n) is 7.96. The number of nitrogens with one attached hydrogen (secondary N) is 1. The quantitative estimate of drug-likeness (QED) is 0.417. The SMILES string of the molecule is CCCCCCCC(=O)NC(COP(O)(O)=S)c1ccccc1. The van der Waals surface area contributed by atoms with Gasteiger partial charge < -0.3 is 19.6 Å². The van der Waals surface area contributed by atoms with Crippen molar-refractivity contribution < 1.29 is 19.1 Å². The molecule has 1 rings (SSSR count). The van der Waals surface area contributed by atoms with E-state index in [-0.39, 0.29) is 12.5 Å². The smallest absolute Gasteiger partial charge is 0.321 e. The van der Waals surface area contributed by atoms with Crippen molar-refractivity contribution in [3.8, 4) is 0 Å². The third-order valence-corrected chi connectivity index (χ3v) is 4.26. The molecule has 0 heterocycles. The van der Waals surface area contributed by atoms with Crippen LogP contribution in [0.1, 0.15) is 57.1 Å². The summed E-state index contributed by atoms with van der Waals surface area (Å²) in [6, 6.07) is 8.85. The monoisotopic (exact) mass is 359 g/mol. The van der Waals surface area contributed by atoms with E-state index in [9.17, 15) is 14.6 Å². The fraction of sp³-hybridized carbons (Fsp3) is 0.562. The second-order valence-corrected chi connectivity index (χ2v) is 8.15. The van der Waals surface area contributed by atoms with Crippen molar-refractivity contribution in [2.45, 2.75) is 51.5 Å². The molecule has 0 aromatic heterocycles. The topological polar surface area (TPSA) is 78.8 Å². The first kappa shape index (κ1) is 20.3. The fourth-order valence-corrected chi connectivity index (χ4v) is 2.76. The molecule has 1 atom stereocenters. The molecule has 0 saturated carbocycles. The summed E-state index contributed by atoms with van der Waals surface area (Å²) >= 11 is 4.46. The van der Waals surface area contributed by atoms with Crippen LogP contribution in [0.15, 0.2) is 30.3 Å². The number of benzene rings is 1. The van der Waals surface area contributed by atoms with Crippen LogP contribution in [0.25, 0.3) is 0 Å². The molecule has 5 nitrogen and oxygen atoms in total. The number of carbonyl (C=O) groups excluding carboxylic acids is 1. The van der Waals surface area contributed by atoms with Gasteiger partial charge >= 0.3 is 6.72 Å². The summed E-state index contributed by atoms with van der Waals surface area (Å²) in [4.78, 5) is 30.5. The third-order valence-electron chi connectivity index (χ3n) is 3.45. The summed E-state index contributed by atoms with van der Waals surface area (Å²) in [5, 5.41) is 2.88. The largest absolute Gasteiger partial charge is 0.347 e. The first-order chi connectivity index (χ1) is 10.9. The maximum absolute atomic E-state index is 12.1. The maximum Gasteiger partial charge on any atom is 0.321 e. The zero-order chi connectivity index (χ0) is 17.1. The van der Waals surface area contributed by atoms with Crippen molar-refractivity contribution in [1.82, 2.24) is 5.32 Å². The summed E-state index contributed by atoms with van der Waals surface area (Å²) in [6.07, 6.45) is 5.87. The average molecular weight is 359 g/mol. The number of rotatable bonds is 11. The third kappa shape index (κ3) is 9.84. The van der Waals surface area contributed by atoms with Crippen LogP contribution < -0.4 is 5.32 Å². The molecular weight excluding hydrogens is 333 g/mol. The van der Waals surface area contributed by atoms with Crippen LogP contribution in [-0.2, 0) is 21.1 Å². The second kappa shape index (κ2) is 10.9. The van der Waals surface area contributed by atoms with E-state index in [0.717, 1.165) is 24.8 Å². The number of hydrogen-bond acceptors (Lipinski definition) is 3. The van der Waals surface area contributed by atoms with Crippen LogP contribution in [0.5, 0.6) is 0 Å². The van der Waals surface area contributed by atoms with Crippen molar-refractivity contribution >= 4 is 24.4 Å². The molecule has 0 saturated heterocycles. The summed E-state index contributed by atoms with van der Waals surface area (Å²) in [6.45, 7) is -1.64. The normalized spacial score (nSPS) is 12.8. The van der Waals surface area contributed by atoms with Crippen molar-refractivity contribution in [2.75, 3.05) is 6.61 Å². The molecule has 23 heavy (non-hydrogen) atoms. The van der Waals surface area contributed by atoms with Crippen LogP contribution in [0.4, 0.5) is 0 Å². The minimum absolute atomic E-state index is 0.0597. The van der Waals surface area contributed by atoms with Gasteiger partial charge in [0.25, 0.3) is 0 Å². The van der Waals surface area contributed by atoms with Gasteiger partial charge in [-0.1, -0.05) is 62.9 Å². The molecule has 1 aromatic carbocycles. The molecule has 1 aromatic rings. The Morgan fingerprint density at radius 3 is 2.48 bits per heavy atom. The van der Waals surface area contributed by atoms with Gasteiger partial charge in [0.2, 0.25) is 5.91 Å². The lowest BCUT2D eigenvalue weighted by molar-refractivity contribution is -0.122. The predicted octanol–water partition coefficient (Wildman–Crippen LogP) is 3.43. The molecule has 130 valence electrons. The highest BCUT2D eigenvalue weighted by molar-refractivity contribution is 8.06. The maximum atomic E-state index is 12.1. The van der Waals surface area contributed by atoms with Crippen molar-refractivity contribution in [2.24, 2.45) is 0 Å². The number of hydrogen-bond donors (Lipinski definition) is 3. The van der Waals surface area contributed by atoms with Gasteiger partial charge in [0, 0.05) is 6.42 Å². The van der Waals surface area contributed by atoms with E-state index in [4.69, 9.17) is 4.52 Å². The van der Waals surface area contributed by atoms with Gasteiger partial charge in [0.1, 0.15) is 0 Å². The number of unbranched alkanes of at least 4 members (excludes halogenated alkanes) is 4. The molecule has 1 amide bonds. The zero-order valence-corrected chi connectivity index (χ0v) is 15.2. The van der Waals surface area contributed by atoms with Gasteiger partial charge in [-0.3, -0.25) is 4.79 Å². The molecule has 0 spiro atoms. The Hall–Kier alpha value is -0.780. The Balaban J connectivity index is 2.52. The van der Waals surface area contributed by atoms with Crippen molar-refractivity contribution in [3.63, 3.8) is 0 Å². The van der Waals surface area contributed by atoms with E-state index >= 15 is 0 Å². The molecule has 3 N–H and O–H groups in total. The Kier molecular flexibility index (Phi) is 9.60. The highest BCUT2D eigenvalue weighted by Gasteiger charge is 2.18. The Morgan fingerprint density at radius 1 is 1.22 bits per heavy atom. The lowest BCUT2D eigenvalue weighted by Crippen LogP contribution is -2.31. The van der Waals surface area contributed by atoms with E-state index in [0.29, 0.717) is 6.42 Å². The van der Waals surface area contributed by atoms with Gasteiger partial charge in [-0.2, -0.15) is 0 Å². The molecule has 0 aliphatic rings. The summed E-state index contributed by atoms with van der Waals surface area (Å²) in [5.74, 6) is -0.0665.